The van der Waals surface area contributed by atoms with E-state index in [0.29, 0.717) is 11.9 Å². The molecule has 22 heavy (non-hydrogen) atoms. The lowest BCUT2D eigenvalue weighted by atomic mass is 10.1. The lowest BCUT2D eigenvalue weighted by molar-refractivity contribution is -0.137. The Hall–Kier alpha value is -0.650. The number of aliphatic hydroxyl groups is 1. The number of hydrogen-bond donors (Lipinski definition) is 1. The van der Waals surface area contributed by atoms with Crippen molar-refractivity contribution in [3.05, 3.63) is 0 Å². The first kappa shape index (κ1) is 17.7. The lowest BCUT2D eigenvalue weighted by Crippen LogP contribution is -2.58. The number of piperazine rings is 1. The molecule has 128 valence electrons. The summed E-state index contributed by atoms with van der Waals surface area (Å²) >= 11 is 0. The Balaban J connectivity index is 1.87. The second kappa shape index (κ2) is 8.27. The molecule has 5 heteroatoms. The van der Waals surface area contributed by atoms with Crippen LogP contribution in [0.25, 0.3) is 0 Å². The van der Waals surface area contributed by atoms with Crippen molar-refractivity contribution in [1.82, 2.24) is 14.7 Å². The van der Waals surface area contributed by atoms with Gasteiger partial charge in [-0.1, -0.05) is 12.8 Å². The lowest BCUT2D eigenvalue weighted by Gasteiger charge is -2.43. The van der Waals surface area contributed by atoms with Gasteiger partial charge < -0.3 is 10.0 Å². The predicted octanol–water partition coefficient (Wildman–Crippen LogP) is 1.16. The average molecular weight is 311 g/mol. The second-order valence-electron chi connectivity index (χ2n) is 7.10. The molecule has 0 saturated carbocycles. The molecule has 1 amide bonds. The van der Waals surface area contributed by atoms with Crippen molar-refractivity contribution in [3.63, 3.8) is 0 Å². The number of carbonyl (C=O) groups is 1. The number of aliphatic hydroxyl groups excluding tert-OH is 1. The van der Waals surface area contributed by atoms with Crippen LogP contribution in [0.15, 0.2) is 0 Å². The van der Waals surface area contributed by atoms with Gasteiger partial charge in [0.05, 0.1) is 12.1 Å². The van der Waals surface area contributed by atoms with E-state index >= 15 is 0 Å². The van der Waals surface area contributed by atoms with Gasteiger partial charge in [0, 0.05) is 45.3 Å². The number of β-amino-alcohol motifs (C(OH)–C–C–N with tert-alkyl or cyclic N) is 1. The SMILES string of the molecule is C[C@H](O)CN1CCN([C@H](C)C(=O)N2CCCCCC2)C[C@@H]1C. The van der Waals surface area contributed by atoms with Gasteiger partial charge in [0.1, 0.15) is 0 Å². The van der Waals surface area contributed by atoms with Gasteiger partial charge in [0.15, 0.2) is 0 Å². The number of amides is 1. The summed E-state index contributed by atoms with van der Waals surface area (Å²) in [6, 6.07) is 0.372. The fourth-order valence-corrected chi connectivity index (χ4v) is 3.70. The summed E-state index contributed by atoms with van der Waals surface area (Å²) in [4.78, 5) is 19.5. The van der Waals surface area contributed by atoms with E-state index in [2.05, 4.69) is 28.5 Å². The monoisotopic (exact) mass is 311 g/mol. The Morgan fingerprint density at radius 3 is 2.27 bits per heavy atom. The topological polar surface area (TPSA) is 47.0 Å². The van der Waals surface area contributed by atoms with Crippen LogP contribution in [-0.2, 0) is 4.79 Å². The zero-order valence-corrected chi connectivity index (χ0v) is 14.5. The molecule has 0 radical (unpaired) electrons. The minimum Gasteiger partial charge on any atom is -0.392 e. The van der Waals surface area contributed by atoms with Crippen molar-refractivity contribution in [2.45, 2.75) is 64.6 Å². The van der Waals surface area contributed by atoms with E-state index in [4.69, 9.17) is 0 Å². The summed E-state index contributed by atoms with van der Waals surface area (Å²) in [7, 11) is 0. The molecule has 0 unspecified atom stereocenters. The normalized spacial score (nSPS) is 28.2. The number of nitrogens with zero attached hydrogens (tertiary/aromatic N) is 3. The molecule has 5 nitrogen and oxygen atoms in total. The van der Waals surface area contributed by atoms with E-state index in [9.17, 15) is 9.90 Å². The third-order valence-electron chi connectivity index (χ3n) is 5.12. The van der Waals surface area contributed by atoms with Gasteiger partial charge in [0.2, 0.25) is 5.91 Å². The highest BCUT2D eigenvalue weighted by Crippen LogP contribution is 2.16. The summed E-state index contributed by atoms with van der Waals surface area (Å²) in [5.74, 6) is 0.304. The summed E-state index contributed by atoms with van der Waals surface area (Å²) in [6.07, 6.45) is 4.53. The molecule has 2 fully saturated rings. The molecule has 0 aliphatic carbocycles. The quantitative estimate of drug-likeness (QED) is 0.846. The molecule has 0 aromatic heterocycles. The van der Waals surface area contributed by atoms with Crippen molar-refractivity contribution in [2.75, 3.05) is 39.3 Å². The van der Waals surface area contributed by atoms with Crippen LogP contribution >= 0.6 is 0 Å². The standard InChI is InChI=1S/C17H33N3O2/c1-14-12-20(11-10-19(14)13-15(2)21)16(3)17(22)18-8-6-4-5-7-9-18/h14-16,21H,4-13H2,1-3H3/t14-,15-,16+/m0/s1. The molecular formula is C17H33N3O2. The average Bonchev–Trinajstić information content (AvgIpc) is 2.76. The molecule has 2 aliphatic heterocycles. The maximum absolute atomic E-state index is 12.7. The van der Waals surface area contributed by atoms with E-state index in [1.807, 2.05) is 6.92 Å². The Morgan fingerprint density at radius 1 is 1.09 bits per heavy atom. The third kappa shape index (κ3) is 4.67. The molecule has 2 aliphatic rings. The van der Waals surface area contributed by atoms with Gasteiger partial charge in [-0.3, -0.25) is 14.6 Å². The van der Waals surface area contributed by atoms with Crippen LogP contribution in [0.2, 0.25) is 0 Å². The molecule has 2 rings (SSSR count). The Kier molecular flexibility index (Phi) is 6.66. The van der Waals surface area contributed by atoms with Crippen molar-refractivity contribution in [3.8, 4) is 0 Å². The Bertz CT molecular complexity index is 354. The molecule has 0 spiro atoms. The molecule has 2 saturated heterocycles. The minimum atomic E-state index is -0.287. The number of rotatable bonds is 4. The number of carbonyl (C=O) groups excluding carboxylic acids is 1. The van der Waals surface area contributed by atoms with Crippen LogP contribution in [0.1, 0.15) is 46.5 Å². The van der Waals surface area contributed by atoms with Crippen molar-refractivity contribution >= 4 is 5.91 Å². The molecule has 1 N–H and O–H groups in total. The molecule has 0 aromatic carbocycles. The maximum atomic E-state index is 12.7. The van der Waals surface area contributed by atoms with Gasteiger partial charge in [0.25, 0.3) is 0 Å². The summed E-state index contributed by atoms with van der Waals surface area (Å²) in [5, 5.41) is 9.57. The smallest absolute Gasteiger partial charge is 0.239 e. The largest absolute Gasteiger partial charge is 0.392 e. The minimum absolute atomic E-state index is 0.0192. The first-order valence-corrected chi connectivity index (χ1v) is 8.94. The highest BCUT2D eigenvalue weighted by Gasteiger charge is 2.32. The van der Waals surface area contributed by atoms with Crippen molar-refractivity contribution in [2.24, 2.45) is 0 Å². The fraction of sp³-hybridized carbons (Fsp3) is 0.941. The van der Waals surface area contributed by atoms with Crippen LogP contribution in [0.3, 0.4) is 0 Å². The highest BCUT2D eigenvalue weighted by atomic mass is 16.3. The maximum Gasteiger partial charge on any atom is 0.239 e. The van der Waals surface area contributed by atoms with Crippen LogP contribution < -0.4 is 0 Å². The first-order chi connectivity index (χ1) is 10.5. The fourth-order valence-electron chi connectivity index (χ4n) is 3.70. The molecule has 0 aromatic rings. The van der Waals surface area contributed by atoms with E-state index in [-0.39, 0.29) is 12.1 Å². The zero-order valence-electron chi connectivity index (χ0n) is 14.5. The van der Waals surface area contributed by atoms with Crippen molar-refractivity contribution < 1.29 is 9.90 Å². The number of likely N-dealkylation sites (tertiary alicyclic amines) is 1. The summed E-state index contributed by atoms with van der Waals surface area (Å²) < 4.78 is 0. The summed E-state index contributed by atoms with van der Waals surface area (Å²) in [6.45, 7) is 11.4. The Morgan fingerprint density at radius 2 is 1.73 bits per heavy atom. The first-order valence-electron chi connectivity index (χ1n) is 8.94. The van der Waals surface area contributed by atoms with Crippen molar-refractivity contribution in [1.29, 1.82) is 0 Å². The molecular weight excluding hydrogens is 278 g/mol. The van der Waals surface area contributed by atoms with Crippen LogP contribution in [0.5, 0.6) is 0 Å². The summed E-state index contributed by atoms with van der Waals surface area (Å²) in [5.41, 5.74) is 0. The van der Waals surface area contributed by atoms with E-state index in [0.717, 1.165) is 52.1 Å². The van der Waals surface area contributed by atoms with Crippen LogP contribution in [0, 0.1) is 0 Å². The molecule has 2 heterocycles. The Labute approximate surface area is 135 Å². The number of hydrogen-bond acceptors (Lipinski definition) is 4. The molecule has 3 atom stereocenters. The van der Waals surface area contributed by atoms with Gasteiger partial charge in [-0.2, -0.15) is 0 Å². The van der Waals surface area contributed by atoms with E-state index in [1.54, 1.807) is 0 Å². The van der Waals surface area contributed by atoms with Crippen LogP contribution in [-0.4, -0.2) is 83.2 Å². The highest BCUT2D eigenvalue weighted by molar-refractivity contribution is 5.81. The second-order valence-corrected chi connectivity index (χ2v) is 7.10. The molecule has 0 bridgehead atoms. The predicted molar refractivity (Wildman–Crippen MR) is 88.8 cm³/mol. The van der Waals surface area contributed by atoms with Gasteiger partial charge in [-0.15, -0.1) is 0 Å². The third-order valence-corrected chi connectivity index (χ3v) is 5.12. The van der Waals surface area contributed by atoms with Gasteiger partial charge in [-0.25, -0.2) is 0 Å². The van der Waals surface area contributed by atoms with E-state index in [1.165, 1.54) is 12.8 Å². The van der Waals surface area contributed by atoms with Gasteiger partial charge >= 0.3 is 0 Å². The van der Waals surface area contributed by atoms with Crippen LogP contribution in [0.4, 0.5) is 0 Å². The van der Waals surface area contributed by atoms with E-state index < -0.39 is 0 Å². The zero-order chi connectivity index (χ0) is 16.1. The van der Waals surface area contributed by atoms with Gasteiger partial charge in [-0.05, 0) is 33.6 Å².